The third-order valence-corrected chi connectivity index (χ3v) is 8.46. The summed E-state index contributed by atoms with van der Waals surface area (Å²) < 4.78 is 11.1. The van der Waals surface area contributed by atoms with E-state index < -0.39 is 11.7 Å². The van der Waals surface area contributed by atoms with E-state index in [4.69, 9.17) is 22.1 Å². The number of carbonyl (C=O) groups excluding carboxylic acids is 2. The molecule has 4 N–H and O–H groups in total. The summed E-state index contributed by atoms with van der Waals surface area (Å²) in [6.07, 6.45) is 4.23. The summed E-state index contributed by atoms with van der Waals surface area (Å²) in [6, 6.07) is 13.1. The van der Waals surface area contributed by atoms with Gasteiger partial charge in [-0.05, 0) is 69.6 Å². The van der Waals surface area contributed by atoms with E-state index in [0.29, 0.717) is 61.0 Å². The van der Waals surface area contributed by atoms with Crippen LogP contribution >= 0.6 is 11.6 Å². The highest BCUT2D eigenvalue weighted by Crippen LogP contribution is 2.47. The maximum Gasteiger partial charge on any atom is 0.406 e. The van der Waals surface area contributed by atoms with E-state index in [1.807, 2.05) is 48.2 Å². The molecule has 39 heavy (non-hydrogen) atoms. The zero-order valence-electron chi connectivity index (χ0n) is 22.8. The number of carbonyl (C=O) groups is 2. The molecule has 212 valence electrons. The highest BCUT2D eigenvalue weighted by atomic mass is 35.5. The van der Waals surface area contributed by atoms with Crippen molar-refractivity contribution in [2.45, 2.75) is 63.5 Å². The predicted molar refractivity (Wildman–Crippen MR) is 151 cm³/mol. The number of aryl methyl sites for hydroxylation is 1. The summed E-state index contributed by atoms with van der Waals surface area (Å²) in [7, 11) is 1.32. The lowest BCUT2D eigenvalue weighted by Crippen LogP contribution is -2.49. The smallest absolute Gasteiger partial charge is 0.406 e. The number of alkyl carbamates (subject to hydrolysis) is 1. The van der Waals surface area contributed by atoms with Crippen LogP contribution in [-0.2, 0) is 15.1 Å². The summed E-state index contributed by atoms with van der Waals surface area (Å²) in [5.41, 5.74) is 6.26. The van der Waals surface area contributed by atoms with Crippen LogP contribution in [0.4, 0.5) is 4.79 Å². The van der Waals surface area contributed by atoms with Crippen LogP contribution in [0.2, 0.25) is 5.02 Å². The van der Waals surface area contributed by atoms with Gasteiger partial charge in [0.1, 0.15) is 5.75 Å². The number of methoxy groups -OCH3 is 1. The molecule has 1 aliphatic heterocycles. The summed E-state index contributed by atoms with van der Waals surface area (Å²) in [5, 5.41) is 15.6. The second-order valence-corrected chi connectivity index (χ2v) is 11.2. The zero-order valence-corrected chi connectivity index (χ0v) is 23.6. The van der Waals surface area contributed by atoms with Gasteiger partial charge in [-0.2, -0.15) is 0 Å². The maximum absolute atomic E-state index is 13.4. The van der Waals surface area contributed by atoms with Crippen molar-refractivity contribution in [2.24, 2.45) is 17.6 Å². The van der Waals surface area contributed by atoms with Crippen LogP contribution < -0.4 is 15.8 Å². The lowest BCUT2D eigenvalue weighted by molar-refractivity contribution is -0.141. The lowest BCUT2D eigenvalue weighted by atomic mass is 9.73. The van der Waals surface area contributed by atoms with E-state index in [1.54, 1.807) is 6.07 Å². The Hall–Kier alpha value is -2.81. The molecule has 1 aliphatic carbocycles. The number of likely N-dealkylation sites (tertiary alicyclic amines) is 1. The van der Waals surface area contributed by atoms with Crippen molar-refractivity contribution >= 4 is 23.6 Å². The second kappa shape index (κ2) is 13.0. The highest BCUT2D eigenvalue weighted by Gasteiger charge is 2.44. The average molecular weight is 558 g/mol. The van der Waals surface area contributed by atoms with Crippen LogP contribution in [0.15, 0.2) is 42.5 Å². The minimum Gasteiger partial charge on any atom is -0.455 e. The number of nitrogens with two attached hydrogens (primary N) is 1. The molecular formula is C30H40ClN3O5. The Morgan fingerprint density at radius 2 is 1.97 bits per heavy atom. The van der Waals surface area contributed by atoms with Gasteiger partial charge in [-0.1, -0.05) is 41.9 Å². The number of hydrogen-bond acceptors (Lipinski definition) is 6. The van der Waals surface area contributed by atoms with Gasteiger partial charge in [0.15, 0.2) is 5.75 Å². The van der Waals surface area contributed by atoms with Crippen molar-refractivity contribution in [3.63, 3.8) is 0 Å². The van der Waals surface area contributed by atoms with Crippen LogP contribution in [0, 0.1) is 18.8 Å². The van der Waals surface area contributed by atoms with Crippen LogP contribution in [0.25, 0.3) is 0 Å². The molecule has 0 spiro atoms. The molecule has 9 heteroatoms. The number of hydrogen-bond donors (Lipinski definition) is 3. The number of nitrogens with one attached hydrogen (secondary N) is 1. The third kappa shape index (κ3) is 6.86. The first-order valence-corrected chi connectivity index (χ1v) is 14.2. The molecule has 2 fully saturated rings. The molecule has 2 amide bonds. The maximum atomic E-state index is 13.4. The van der Waals surface area contributed by atoms with Crippen LogP contribution in [-0.4, -0.2) is 54.8 Å². The van der Waals surface area contributed by atoms with Gasteiger partial charge < -0.3 is 30.5 Å². The van der Waals surface area contributed by atoms with E-state index in [1.165, 1.54) is 7.11 Å². The largest absolute Gasteiger partial charge is 0.455 e. The molecule has 0 bridgehead atoms. The number of para-hydroxylation sites is 2. The fourth-order valence-corrected chi connectivity index (χ4v) is 6.19. The minimum atomic E-state index is -1.36. The quantitative estimate of drug-likeness (QED) is 0.368. The van der Waals surface area contributed by atoms with Gasteiger partial charge in [0.05, 0.1) is 17.7 Å². The highest BCUT2D eigenvalue weighted by molar-refractivity contribution is 6.32. The third-order valence-electron chi connectivity index (χ3n) is 8.16. The predicted octanol–water partition coefficient (Wildman–Crippen LogP) is 5.13. The molecule has 1 heterocycles. The number of ether oxygens (including phenoxy) is 2. The zero-order chi connectivity index (χ0) is 28.0. The van der Waals surface area contributed by atoms with Crippen molar-refractivity contribution < 1.29 is 24.2 Å². The molecule has 2 aliphatic rings. The van der Waals surface area contributed by atoms with Gasteiger partial charge in [0.2, 0.25) is 5.91 Å². The Kier molecular flexibility index (Phi) is 9.75. The molecule has 8 nitrogen and oxygen atoms in total. The molecule has 1 saturated carbocycles. The Balaban J connectivity index is 1.65. The summed E-state index contributed by atoms with van der Waals surface area (Å²) in [4.78, 5) is 26.9. The van der Waals surface area contributed by atoms with Crippen molar-refractivity contribution in [2.75, 3.05) is 26.7 Å². The molecule has 1 saturated heterocycles. The van der Waals surface area contributed by atoms with Crippen molar-refractivity contribution in [3.05, 3.63) is 58.6 Å². The molecule has 2 aromatic carbocycles. The SMILES string of the molecule is COC(=O)NCCC[C@@](O)(c1cccc(Cl)c1Oc1ccccc1C)[C@@H]1CCCN(C(=O)C2CC[C@H](N)C2)C1. The fourth-order valence-electron chi connectivity index (χ4n) is 5.98. The molecule has 1 unspecified atom stereocenters. The molecule has 4 atom stereocenters. The standard InChI is InChI=1S/C30H40ClN3O5/c1-20-8-3-4-12-26(20)39-27-24(10-5-11-25(27)31)30(37,15-7-16-33-29(36)38-2)22-9-6-17-34(19-22)28(35)21-13-14-23(32)18-21/h3-5,8,10-12,21-23,37H,6-7,9,13-19,32H2,1-2H3,(H,33,36)/t21?,22-,23+,30+/m1/s1. The first-order chi connectivity index (χ1) is 18.7. The molecular weight excluding hydrogens is 518 g/mol. The number of halogens is 1. The number of amides is 2. The molecule has 2 aromatic rings. The van der Waals surface area contributed by atoms with Crippen LogP contribution in [0.5, 0.6) is 11.5 Å². The van der Waals surface area contributed by atoms with Gasteiger partial charge in [0, 0.05) is 43.1 Å². The topological polar surface area (TPSA) is 114 Å². The van der Waals surface area contributed by atoms with E-state index in [0.717, 1.165) is 31.2 Å². The molecule has 0 aromatic heterocycles. The van der Waals surface area contributed by atoms with Gasteiger partial charge >= 0.3 is 6.09 Å². The summed E-state index contributed by atoms with van der Waals surface area (Å²) in [6.45, 7) is 3.39. The first kappa shape index (κ1) is 29.2. The van der Waals surface area contributed by atoms with E-state index in [-0.39, 0.29) is 23.8 Å². The number of piperidine rings is 1. The Morgan fingerprint density at radius 3 is 2.69 bits per heavy atom. The number of nitrogens with zero attached hydrogens (tertiary/aromatic N) is 1. The Bertz CT molecular complexity index is 1160. The molecule has 0 radical (unpaired) electrons. The molecule has 4 rings (SSSR count). The van der Waals surface area contributed by atoms with Crippen molar-refractivity contribution in [1.29, 1.82) is 0 Å². The van der Waals surface area contributed by atoms with Gasteiger partial charge in [-0.15, -0.1) is 0 Å². The fraction of sp³-hybridized carbons (Fsp3) is 0.533. The second-order valence-electron chi connectivity index (χ2n) is 10.8. The Labute approximate surface area is 235 Å². The number of aliphatic hydroxyl groups is 1. The van der Waals surface area contributed by atoms with Crippen molar-refractivity contribution in [1.82, 2.24) is 10.2 Å². The van der Waals surface area contributed by atoms with Gasteiger partial charge in [0.25, 0.3) is 0 Å². The van der Waals surface area contributed by atoms with Gasteiger partial charge in [-0.3, -0.25) is 4.79 Å². The number of benzene rings is 2. The van der Waals surface area contributed by atoms with Gasteiger partial charge in [-0.25, -0.2) is 4.79 Å². The minimum absolute atomic E-state index is 0.0535. The van der Waals surface area contributed by atoms with Crippen molar-refractivity contribution in [3.8, 4) is 11.5 Å². The lowest BCUT2D eigenvalue weighted by Gasteiger charge is -2.44. The van der Waals surface area contributed by atoms with E-state index in [9.17, 15) is 14.7 Å². The Morgan fingerprint density at radius 1 is 1.18 bits per heavy atom. The van der Waals surface area contributed by atoms with E-state index in [2.05, 4.69) is 10.1 Å². The number of rotatable bonds is 9. The monoisotopic (exact) mass is 557 g/mol. The summed E-state index contributed by atoms with van der Waals surface area (Å²) >= 11 is 6.69. The normalized spacial score (nSPS) is 22.7. The first-order valence-electron chi connectivity index (χ1n) is 13.8. The summed E-state index contributed by atoms with van der Waals surface area (Å²) in [5.74, 6) is 0.884. The average Bonchev–Trinajstić information content (AvgIpc) is 3.38. The van der Waals surface area contributed by atoms with Crippen LogP contribution in [0.3, 0.4) is 0 Å². The van der Waals surface area contributed by atoms with Crippen LogP contribution in [0.1, 0.15) is 56.1 Å². The van der Waals surface area contributed by atoms with E-state index >= 15 is 0 Å².